The maximum Gasteiger partial charge on any atom is 0.241 e. The van der Waals surface area contributed by atoms with Crippen LogP contribution in [0.3, 0.4) is 0 Å². The Kier molecular flexibility index (Phi) is 5.11. The number of carbonyl (C=O) groups is 1. The Morgan fingerprint density at radius 2 is 1.87 bits per heavy atom. The highest BCUT2D eigenvalue weighted by molar-refractivity contribution is 8.93. The van der Waals surface area contributed by atoms with E-state index in [4.69, 9.17) is 9.47 Å². The van der Waals surface area contributed by atoms with E-state index in [1.807, 2.05) is 12.1 Å². The van der Waals surface area contributed by atoms with Gasteiger partial charge in [0.15, 0.2) is 11.5 Å². The molecule has 1 aromatic carbocycles. The topological polar surface area (TPSA) is 59.6 Å². The van der Waals surface area contributed by atoms with E-state index < -0.39 is 0 Å². The van der Waals surface area contributed by atoms with Crippen LogP contribution in [-0.2, 0) is 11.2 Å². The summed E-state index contributed by atoms with van der Waals surface area (Å²) in [6, 6.07) is 4.05. The SMILES string of the molecule is Br.O=C(NC1CCCCC1)C1NCCc2cc3c(cc21)OCO3. The summed E-state index contributed by atoms with van der Waals surface area (Å²) in [5.74, 6) is 1.64. The lowest BCUT2D eigenvalue weighted by Gasteiger charge is -2.29. The smallest absolute Gasteiger partial charge is 0.241 e. The van der Waals surface area contributed by atoms with Gasteiger partial charge in [-0.3, -0.25) is 4.79 Å². The number of nitrogens with one attached hydrogen (secondary N) is 2. The van der Waals surface area contributed by atoms with Crippen molar-refractivity contribution in [3.05, 3.63) is 23.3 Å². The Morgan fingerprint density at radius 1 is 1.13 bits per heavy atom. The van der Waals surface area contributed by atoms with E-state index in [0.717, 1.165) is 42.9 Å². The molecular formula is C17H23BrN2O3. The van der Waals surface area contributed by atoms with Crippen LogP contribution in [0, 0.1) is 0 Å². The molecular weight excluding hydrogens is 360 g/mol. The van der Waals surface area contributed by atoms with Gasteiger partial charge in [0.2, 0.25) is 12.7 Å². The fraction of sp³-hybridized carbons (Fsp3) is 0.588. The highest BCUT2D eigenvalue weighted by atomic mass is 79.9. The number of rotatable bonds is 2. The molecule has 5 nitrogen and oxygen atoms in total. The third-order valence-electron chi connectivity index (χ3n) is 4.90. The van der Waals surface area contributed by atoms with Gasteiger partial charge in [-0.05, 0) is 42.5 Å². The van der Waals surface area contributed by atoms with Crippen molar-refractivity contribution in [2.24, 2.45) is 0 Å². The van der Waals surface area contributed by atoms with Crippen LogP contribution >= 0.6 is 17.0 Å². The zero-order valence-corrected chi connectivity index (χ0v) is 14.8. The summed E-state index contributed by atoms with van der Waals surface area (Å²) in [5.41, 5.74) is 2.22. The molecule has 0 radical (unpaired) electrons. The Bertz CT molecular complexity index is 587. The molecule has 1 saturated carbocycles. The predicted octanol–water partition coefficient (Wildman–Crippen LogP) is 2.63. The van der Waals surface area contributed by atoms with Crippen molar-refractivity contribution < 1.29 is 14.3 Å². The molecule has 1 atom stereocenters. The number of amides is 1. The van der Waals surface area contributed by atoms with Gasteiger partial charge >= 0.3 is 0 Å². The van der Waals surface area contributed by atoms with Crippen molar-refractivity contribution in [1.29, 1.82) is 0 Å². The van der Waals surface area contributed by atoms with E-state index >= 15 is 0 Å². The molecule has 1 aliphatic carbocycles. The lowest BCUT2D eigenvalue weighted by Crippen LogP contribution is -2.45. The van der Waals surface area contributed by atoms with Crippen LogP contribution in [0.5, 0.6) is 11.5 Å². The highest BCUT2D eigenvalue weighted by Gasteiger charge is 2.30. The molecule has 23 heavy (non-hydrogen) atoms. The molecule has 1 fully saturated rings. The number of fused-ring (bicyclic) bond motifs is 2. The zero-order chi connectivity index (χ0) is 14.9. The minimum absolute atomic E-state index is 0. The molecule has 1 unspecified atom stereocenters. The first-order valence-electron chi connectivity index (χ1n) is 8.27. The Morgan fingerprint density at radius 3 is 2.65 bits per heavy atom. The minimum Gasteiger partial charge on any atom is -0.454 e. The fourth-order valence-corrected chi connectivity index (χ4v) is 3.71. The fourth-order valence-electron chi connectivity index (χ4n) is 3.71. The van der Waals surface area contributed by atoms with Gasteiger partial charge in [0.25, 0.3) is 0 Å². The second-order valence-corrected chi connectivity index (χ2v) is 6.38. The second kappa shape index (κ2) is 7.09. The third kappa shape index (κ3) is 3.33. The first-order valence-corrected chi connectivity index (χ1v) is 8.27. The normalized spacial score (nSPS) is 22.9. The average Bonchev–Trinajstić information content (AvgIpc) is 3.00. The van der Waals surface area contributed by atoms with E-state index in [0.29, 0.717) is 6.04 Å². The molecule has 1 amide bonds. The first-order chi connectivity index (χ1) is 10.8. The quantitative estimate of drug-likeness (QED) is 0.825. The van der Waals surface area contributed by atoms with E-state index in [-0.39, 0.29) is 35.7 Å². The Balaban J connectivity index is 0.00000156. The van der Waals surface area contributed by atoms with Crippen LogP contribution in [0.2, 0.25) is 0 Å². The van der Waals surface area contributed by atoms with Crippen LogP contribution in [0.1, 0.15) is 49.3 Å². The number of carbonyl (C=O) groups excluding carboxylic acids is 1. The summed E-state index contributed by atoms with van der Waals surface area (Å²) in [4.78, 5) is 12.7. The number of hydrogen-bond acceptors (Lipinski definition) is 4. The standard InChI is InChI=1S/C17H22N2O3.BrH/c20-17(19-12-4-2-1-3-5-12)16-13-9-15-14(21-10-22-15)8-11(13)6-7-18-16;/h8-9,12,16,18H,1-7,10H2,(H,19,20);1H. The van der Waals surface area contributed by atoms with E-state index in [1.165, 1.54) is 24.8 Å². The summed E-state index contributed by atoms with van der Waals surface area (Å²) in [6.45, 7) is 1.08. The summed E-state index contributed by atoms with van der Waals surface area (Å²) in [5, 5.41) is 6.57. The van der Waals surface area contributed by atoms with Gasteiger partial charge in [-0.2, -0.15) is 0 Å². The van der Waals surface area contributed by atoms with Crippen LogP contribution in [0.25, 0.3) is 0 Å². The average molecular weight is 383 g/mol. The van der Waals surface area contributed by atoms with Crippen LogP contribution in [0.4, 0.5) is 0 Å². The maximum atomic E-state index is 12.7. The third-order valence-corrected chi connectivity index (χ3v) is 4.90. The number of benzene rings is 1. The van der Waals surface area contributed by atoms with E-state index in [1.54, 1.807) is 0 Å². The van der Waals surface area contributed by atoms with Crippen molar-refractivity contribution in [3.63, 3.8) is 0 Å². The van der Waals surface area contributed by atoms with Gasteiger partial charge in [-0.15, -0.1) is 17.0 Å². The van der Waals surface area contributed by atoms with Gasteiger partial charge in [0, 0.05) is 12.6 Å². The molecule has 0 bridgehead atoms. The molecule has 6 heteroatoms. The molecule has 126 valence electrons. The zero-order valence-electron chi connectivity index (χ0n) is 13.1. The second-order valence-electron chi connectivity index (χ2n) is 6.38. The largest absolute Gasteiger partial charge is 0.454 e. The Labute approximate surface area is 146 Å². The molecule has 1 aromatic rings. The minimum atomic E-state index is -0.278. The summed E-state index contributed by atoms with van der Waals surface area (Å²) >= 11 is 0. The summed E-state index contributed by atoms with van der Waals surface area (Å²) < 4.78 is 10.9. The summed E-state index contributed by atoms with van der Waals surface area (Å²) in [6.07, 6.45) is 6.86. The first kappa shape index (κ1) is 16.6. The molecule has 2 N–H and O–H groups in total. The van der Waals surface area contributed by atoms with Gasteiger partial charge in [0.05, 0.1) is 0 Å². The van der Waals surface area contributed by atoms with Crippen molar-refractivity contribution in [3.8, 4) is 11.5 Å². The predicted molar refractivity (Wildman–Crippen MR) is 92.4 cm³/mol. The lowest BCUT2D eigenvalue weighted by molar-refractivity contribution is -0.124. The molecule has 0 spiro atoms. The molecule has 2 heterocycles. The molecule has 0 aromatic heterocycles. The van der Waals surface area contributed by atoms with Gasteiger partial charge in [-0.1, -0.05) is 19.3 Å². The highest BCUT2D eigenvalue weighted by Crippen LogP contribution is 2.38. The van der Waals surface area contributed by atoms with Crippen LogP contribution in [0.15, 0.2) is 12.1 Å². The van der Waals surface area contributed by atoms with Crippen LogP contribution < -0.4 is 20.1 Å². The number of halogens is 1. The van der Waals surface area contributed by atoms with Gasteiger partial charge in [0.1, 0.15) is 6.04 Å². The van der Waals surface area contributed by atoms with Crippen molar-refractivity contribution in [1.82, 2.24) is 10.6 Å². The van der Waals surface area contributed by atoms with E-state index in [9.17, 15) is 4.79 Å². The van der Waals surface area contributed by atoms with Crippen molar-refractivity contribution in [2.75, 3.05) is 13.3 Å². The van der Waals surface area contributed by atoms with Gasteiger partial charge in [-0.25, -0.2) is 0 Å². The number of hydrogen-bond donors (Lipinski definition) is 2. The van der Waals surface area contributed by atoms with Gasteiger partial charge < -0.3 is 20.1 Å². The van der Waals surface area contributed by atoms with Crippen molar-refractivity contribution in [2.45, 2.75) is 50.6 Å². The molecule has 3 aliphatic rings. The van der Waals surface area contributed by atoms with Crippen molar-refractivity contribution >= 4 is 22.9 Å². The van der Waals surface area contributed by atoms with E-state index in [2.05, 4.69) is 10.6 Å². The van der Waals surface area contributed by atoms with Crippen LogP contribution in [-0.4, -0.2) is 25.3 Å². The Hall–Kier alpha value is -1.27. The monoisotopic (exact) mass is 382 g/mol. The lowest BCUT2D eigenvalue weighted by atomic mass is 9.91. The number of ether oxygens (including phenoxy) is 2. The summed E-state index contributed by atoms with van der Waals surface area (Å²) in [7, 11) is 0. The molecule has 0 saturated heterocycles. The molecule has 2 aliphatic heterocycles. The maximum absolute atomic E-state index is 12.7. The molecule has 4 rings (SSSR count).